The fourth-order valence-electron chi connectivity index (χ4n) is 8.86. The largest absolute Gasteiger partial charge is 0.311 e. The quantitative estimate of drug-likeness (QED) is 0.104. The highest BCUT2D eigenvalue weighted by Crippen LogP contribution is 2.42. The lowest BCUT2D eigenvalue weighted by Crippen LogP contribution is -2.59. The zero-order valence-corrected chi connectivity index (χ0v) is 30.6. The molecular weight excluding hydrogens is 635 g/mol. The lowest BCUT2D eigenvalue weighted by Gasteiger charge is -2.39. The van der Waals surface area contributed by atoms with Crippen LogP contribution in [0, 0.1) is 0 Å². The Bertz CT molecular complexity index is 2790. The molecule has 0 saturated carbocycles. The van der Waals surface area contributed by atoms with E-state index in [4.69, 9.17) is 0 Å². The highest BCUT2D eigenvalue weighted by molar-refractivity contribution is 6.99. The van der Waals surface area contributed by atoms with Crippen LogP contribution in [0.1, 0.15) is 76.0 Å². The molecule has 8 aromatic rings. The molecule has 0 amide bonds. The number of rotatable bonds is 5. The molecule has 9 rings (SSSR count). The van der Waals surface area contributed by atoms with Crippen LogP contribution in [0.15, 0.2) is 131 Å². The fraction of sp³-hybridized carbons (Fsp3) is 0.191. The van der Waals surface area contributed by atoms with Crippen molar-refractivity contribution in [3.63, 3.8) is 0 Å². The summed E-state index contributed by atoms with van der Waals surface area (Å²) in [7, 11) is 0. The Morgan fingerprint density at radius 1 is 0.538 bits per heavy atom. The zero-order chi connectivity index (χ0) is 36.0. The lowest BCUT2D eigenvalue weighted by atomic mass is 9.33. The molecule has 5 heteroatoms. The maximum Gasteiger partial charge on any atom is 0.247 e. The van der Waals surface area contributed by atoms with Gasteiger partial charge in [0, 0.05) is 27.5 Å². The first kappa shape index (κ1) is 32.2. The van der Waals surface area contributed by atoms with Gasteiger partial charge < -0.3 is 9.30 Å². The monoisotopic (exact) mass is 676 g/mol. The van der Waals surface area contributed by atoms with Crippen molar-refractivity contribution >= 4 is 78.3 Å². The first-order chi connectivity index (χ1) is 25.2. The van der Waals surface area contributed by atoms with Crippen LogP contribution in [0.25, 0.3) is 38.1 Å². The third-order valence-electron chi connectivity index (χ3n) is 11.3. The maximum atomic E-state index is 15.3. The van der Waals surface area contributed by atoms with Crippen LogP contribution < -0.4 is 32.1 Å². The van der Waals surface area contributed by atoms with Gasteiger partial charge in [0.25, 0.3) is 0 Å². The molecule has 0 unspecified atom stereocenters. The normalized spacial score (nSPS) is 13.0. The zero-order valence-electron chi connectivity index (χ0n) is 30.6. The molecule has 0 spiro atoms. The number of para-hydroxylation sites is 4. The van der Waals surface area contributed by atoms with Gasteiger partial charge in [0.15, 0.2) is 10.9 Å². The molecule has 52 heavy (non-hydrogen) atoms. The van der Waals surface area contributed by atoms with Crippen LogP contribution in [0.4, 0.5) is 17.1 Å². The van der Waals surface area contributed by atoms with Gasteiger partial charge in [-0.1, -0.05) is 126 Å². The summed E-state index contributed by atoms with van der Waals surface area (Å²) in [6, 6.07) is 41.6. The van der Waals surface area contributed by atoms with E-state index in [0.29, 0.717) is 33.0 Å². The topological polar surface area (TPSA) is 41.8 Å². The molecule has 0 radical (unpaired) electrons. The molecule has 0 atom stereocenters. The Morgan fingerprint density at radius 3 is 1.71 bits per heavy atom. The molecular formula is C47H41BN2O2. The van der Waals surface area contributed by atoms with E-state index >= 15 is 4.79 Å². The maximum absolute atomic E-state index is 15.3. The molecule has 1 aliphatic rings. The number of hydrogen-bond donors (Lipinski definition) is 0. The summed E-state index contributed by atoms with van der Waals surface area (Å²) in [5.74, 6) is 0.881. The van der Waals surface area contributed by atoms with Crippen molar-refractivity contribution in [2.75, 3.05) is 4.90 Å². The minimum Gasteiger partial charge on any atom is -0.311 e. The lowest BCUT2D eigenvalue weighted by molar-refractivity contribution is 0.812. The van der Waals surface area contributed by atoms with Crippen LogP contribution in [-0.4, -0.2) is 11.1 Å². The van der Waals surface area contributed by atoms with Gasteiger partial charge in [-0.05, 0) is 87.8 Å². The second kappa shape index (κ2) is 11.9. The van der Waals surface area contributed by atoms with Crippen molar-refractivity contribution in [2.45, 2.75) is 59.3 Å². The Morgan fingerprint density at radius 2 is 1.10 bits per heavy atom. The van der Waals surface area contributed by atoms with E-state index in [1.165, 1.54) is 22.2 Å². The highest BCUT2D eigenvalue weighted by Gasteiger charge is 2.41. The van der Waals surface area contributed by atoms with Crippen LogP contribution in [0.3, 0.4) is 0 Å². The number of hydrogen-bond acceptors (Lipinski definition) is 3. The van der Waals surface area contributed by atoms with Gasteiger partial charge in [-0.3, -0.25) is 9.59 Å². The van der Waals surface area contributed by atoms with E-state index in [-0.39, 0.29) is 29.4 Å². The Kier molecular flexibility index (Phi) is 7.41. The van der Waals surface area contributed by atoms with Gasteiger partial charge in [0.05, 0.1) is 27.6 Å². The number of benzene rings is 6. The third-order valence-corrected chi connectivity index (χ3v) is 11.3. The fourth-order valence-corrected chi connectivity index (χ4v) is 8.86. The van der Waals surface area contributed by atoms with Crippen LogP contribution in [0.5, 0.6) is 0 Å². The molecule has 2 aromatic heterocycles. The summed E-state index contributed by atoms with van der Waals surface area (Å²) < 4.78 is 2.16. The second-order valence-corrected chi connectivity index (χ2v) is 15.4. The molecule has 4 nitrogen and oxygen atoms in total. The average molecular weight is 677 g/mol. The van der Waals surface area contributed by atoms with Crippen molar-refractivity contribution in [3.05, 3.63) is 158 Å². The van der Waals surface area contributed by atoms with Crippen molar-refractivity contribution in [1.82, 2.24) is 4.40 Å². The summed E-state index contributed by atoms with van der Waals surface area (Å²) in [5.41, 5.74) is 12.4. The van der Waals surface area contributed by atoms with E-state index in [0.717, 1.165) is 39.0 Å². The van der Waals surface area contributed by atoms with Gasteiger partial charge >= 0.3 is 0 Å². The number of fused-ring (bicyclic) bond motifs is 7. The predicted molar refractivity (Wildman–Crippen MR) is 222 cm³/mol. The van der Waals surface area contributed by atoms with E-state index in [1.807, 2.05) is 54.6 Å². The van der Waals surface area contributed by atoms with Crippen LogP contribution in [-0.2, 0) is 0 Å². The molecule has 0 saturated heterocycles. The van der Waals surface area contributed by atoms with Crippen molar-refractivity contribution < 1.29 is 0 Å². The van der Waals surface area contributed by atoms with Crippen molar-refractivity contribution in [2.24, 2.45) is 0 Å². The predicted octanol–water partition coefficient (Wildman–Crippen LogP) is 9.23. The first-order valence-electron chi connectivity index (χ1n) is 18.6. The molecule has 254 valence electrons. The average Bonchev–Trinajstić information content (AvgIpc) is 3.16. The van der Waals surface area contributed by atoms with Crippen molar-refractivity contribution in [3.8, 4) is 0 Å². The third kappa shape index (κ3) is 4.54. The van der Waals surface area contributed by atoms with Gasteiger partial charge in [-0.2, -0.15) is 0 Å². The molecule has 0 fully saturated rings. The highest BCUT2D eigenvalue weighted by atomic mass is 16.1. The summed E-state index contributed by atoms with van der Waals surface area (Å²) in [4.78, 5) is 32.4. The van der Waals surface area contributed by atoms with Gasteiger partial charge in [0.1, 0.15) is 0 Å². The molecule has 0 N–H and O–H groups in total. The SMILES string of the molecule is CC(C)c1cc(C(C)C)c(B2c3ccccc3N(c3ccccc3)c3c2cc2c(=O)c4ccccc4n4c5ccccc5c(=O)c3c24)c(C(C)C)c1. The summed E-state index contributed by atoms with van der Waals surface area (Å²) in [6.07, 6.45) is 0. The van der Waals surface area contributed by atoms with E-state index in [2.05, 4.69) is 118 Å². The smallest absolute Gasteiger partial charge is 0.247 e. The molecule has 0 bridgehead atoms. The summed E-state index contributed by atoms with van der Waals surface area (Å²) in [5, 5.41) is 2.43. The van der Waals surface area contributed by atoms with Crippen LogP contribution >= 0.6 is 0 Å². The minimum absolute atomic E-state index is 0.0507. The van der Waals surface area contributed by atoms with E-state index in [9.17, 15) is 4.79 Å². The molecule has 1 aliphatic heterocycles. The van der Waals surface area contributed by atoms with Crippen molar-refractivity contribution in [1.29, 1.82) is 0 Å². The van der Waals surface area contributed by atoms with Gasteiger partial charge in [-0.25, -0.2) is 0 Å². The summed E-state index contributed by atoms with van der Waals surface area (Å²) >= 11 is 0. The van der Waals surface area contributed by atoms with Crippen LogP contribution in [0.2, 0.25) is 0 Å². The Hall–Kier alpha value is -5.68. The molecule has 3 heterocycles. The molecule has 6 aromatic carbocycles. The first-order valence-corrected chi connectivity index (χ1v) is 18.6. The second-order valence-electron chi connectivity index (χ2n) is 15.4. The standard InChI is InChI=1S/C47H41BN2O2/c1-27(2)30-24-34(28(3)4)43(35(25-30)29(5)6)48-37-20-12-15-23-41(37)49(31-16-8-7-9-17-31)45-38(48)26-36-44-42(45)47(52)33-19-11-14-22-40(33)50(44)39-21-13-10-18-32(39)46(36)51/h7-29H,1-6H3. The minimum atomic E-state index is -0.216. The number of anilines is 3. The van der Waals surface area contributed by atoms with E-state index < -0.39 is 0 Å². The number of nitrogens with zero attached hydrogens (tertiary/aromatic N) is 2. The summed E-state index contributed by atoms with van der Waals surface area (Å²) in [6.45, 7) is 13.5. The Balaban J connectivity index is 1.57. The van der Waals surface area contributed by atoms with Gasteiger partial charge in [0.2, 0.25) is 6.71 Å². The molecule has 0 aliphatic carbocycles. The number of pyridine rings is 2. The number of aromatic nitrogens is 1. The van der Waals surface area contributed by atoms with E-state index in [1.54, 1.807) is 0 Å². The Labute approximate surface area is 304 Å². The van der Waals surface area contributed by atoms with Gasteiger partial charge in [-0.15, -0.1) is 0 Å².